The van der Waals surface area contributed by atoms with E-state index < -0.39 is 23.8 Å². The summed E-state index contributed by atoms with van der Waals surface area (Å²) in [6, 6.07) is 170. The van der Waals surface area contributed by atoms with E-state index in [1.165, 1.54) is 97.7 Å². The van der Waals surface area contributed by atoms with Gasteiger partial charge in [-0.05, 0) is 94.8 Å². The van der Waals surface area contributed by atoms with Crippen molar-refractivity contribution in [2.24, 2.45) is 0 Å². The average molecular weight is 2090 g/mol. The van der Waals surface area contributed by atoms with Crippen molar-refractivity contribution in [3.8, 4) is 67.5 Å². The van der Waals surface area contributed by atoms with Crippen LogP contribution >= 0.6 is 23.8 Å². The van der Waals surface area contributed by atoms with Crippen LogP contribution in [0.2, 0.25) is 0 Å². The molecule has 0 saturated heterocycles. The van der Waals surface area contributed by atoms with Gasteiger partial charge in [0.2, 0.25) is 0 Å². The number of fused-ring (bicyclic) bond motifs is 6. The zero-order valence-electron chi connectivity index (χ0n) is 63.1. The van der Waals surface area contributed by atoms with Gasteiger partial charge in [0, 0.05) is 67.1 Å². The third-order valence-corrected chi connectivity index (χ3v) is 31.9. The summed E-state index contributed by atoms with van der Waals surface area (Å²) in [5, 5.41) is 22.0. The largest absolute Gasteiger partial charge is 0.345 e. The zero-order chi connectivity index (χ0) is 75.8. The van der Waals surface area contributed by atoms with Gasteiger partial charge < -0.3 is 15.0 Å². The molecule has 9 heteroatoms. The summed E-state index contributed by atoms with van der Waals surface area (Å²) in [5.41, 5.74) is 11.6. The molecule has 20 rings (SSSR count). The molecule has 0 aliphatic carbocycles. The fraction of sp³-hybridized carbons (Fsp3) is 0.0187. The number of hydrogen-bond donors (Lipinski definition) is 0. The Balaban J connectivity index is 0.000000127. The van der Waals surface area contributed by atoms with E-state index in [2.05, 4.69) is 334 Å². The van der Waals surface area contributed by atoms with E-state index in [1.807, 2.05) is 127 Å². The minimum absolute atomic E-state index is 0. The van der Waals surface area contributed by atoms with Gasteiger partial charge in [-0.25, -0.2) is 0 Å². The second-order valence-electron chi connectivity index (χ2n) is 27.8. The summed E-state index contributed by atoms with van der Waals surface area (Å²) in [4.78, 5) is 14.6. The minimum atomic E-state index is -0.892. The average Bonchev–Trinajstić information content (AvgIpc) is 0.807. The van der Waals surface area contributed by atoms with Gasteiger partial charge in [-0.15, -0.1) is 175 Å². The summed E-state index contributed by atoms with van der Waals surface area (Å²) in [6.45, 7) is 0. The van der Waals surface area contributed by atoms with Gasteiger partial charge >= 0.3 is 0 Å². The number of pyridine rings is 3. The Morgan fingerprint density at radius 3 is 0.526 bits per heavy atom. The molecule has 3 heterocycles. The van der Waals surface area contributed by atoms with E-state index >= 15 is 0 Å². The third-order valence-electron chi connectivity index (χ3n) is 20.4. The number of benzene rings is 17. The first kappa shape index (κ1) is 81.8. The van der Waals surface area contributed by atoms with Crippen molar-refractivity contribution in [3.05, 3.63) is 461 Å². The maximum atomic E-state index is 4.86. The van der Waals surface area contributed by atoms with Gasteiger partial charge in [-0.1, -0.05) is 324 Å². The molecule has 3 radical (unpaired) electrons. The molecular weight excluding hydrogens is 2010 g/mol. The first-order valence-electron chi connectivity index (χ1n) is 38.2. The van der Waals surface area contributed by atoms with Crippen molar-refractivity contribution in [2.45, 2.75) is 0 Å². The molecule has 17 aromatic carbocycles. The molecule has 0 fully saturated rings. The second-order valence-corrected chi connectivity index (χ2v) is 36.7. The van der Waals surface area contributed by atoms with E-state index in [-0.39, 0.29) is 67.1 Å². The Morgan fingerprint density at radius 2 is 0.336 bits per heavy atom. The maximum absolute atomic E-state index is 4.86. The van der Waals surface area contributed by atoms with E-state index in [0.717, 1.165) is 67.5 Å². The van der Waals surface area contributed by atoms with Gasteiger partial charge in [0.25, 0.3) is 0 Å². The van der Waals surface area contributed by atoms with Crippen LogP contribution in [0.15, 0.2) is 425 Å². The van der Waals surface area contributed by atoms with Crippen LogP contribution in [0, 0.1) is 36.4 Å². The van der Waals surface area contributed by atoms with Crippen LogP contribution in [-0.2, 0) is 67.1 Å². The van der Waals surface area contributed by atoms with Crippen molar-refractivity contribution >= 4 is 115 Å². The molecule has 3 aromatic heterocycles. The molecule has 0 aliphatic rings. The smallest absolute Gasteiger partial charge is 0.173 e. The summed E-state index contributed by atoms with van der Waals surface area (Å²) in [6.07, 6.45) is 0. The van der Waals surface area contributed by atoms with Crippen LogP contribution in [0.25, 0.3) is 132 Å². The number of hydrogen-bond acceptors (Lipinski definition) is 3. The fourth-order valence-electron chi connectivity index (χ4n) is 14.5. The molecular formula is C107H77Au3N3P3-3. The Kier molecular flexibility index (Phi) is 28.4. The molecule has 0 atom stereocenters. The molecule has 0 bridgehead atoms. The molecule has 20 aromatic rings. The molecule has 3 nitrogen and oxygen atoms in total. The number of aromatic nitrogens is 3. The monoisotopic (exact) mass is 2090 g/mol. The van der Waals surface area contributed by atoms with Crippen LogP contribution in [0.5, 0.6) is 0 Å². The molecule has 116 heavy (non-hydrogen) atoms. The molecule has 0 N–H and O–H groups in total. The Labute approximate surface area is 730 Å². The van der Waals surface area contributed by atoms with E-state index in [4.69, 9.17) is 15.0 Å². The van der Waals surface area contributed by atoms with E-state index in [9.17, 15) is 0 Å². The zero-order valence-corrected chi connectivity index (χ0v) is 72.6. The standard InChI is InChI=1S/C32H29P3.3C25H15N.3Au/c1-6-16-28(17-7-1)33(26-34(29-18-8-2-9-19-29)30-20-10-3-11-21-30)27-35(31-22-12-4-13-23-31)32-24-14-5-15-25-32;3*1-3-8-20-16-22(14-12-18(20)6-1)24-10-5-11-25(26-24)23-15-13-19-7-2-4-9-21(19)17-23;;;/h1-25H,26-27H2;3*1-13,16-17H;;;/q;3*-2;;;/p+3. The summed E-state index contributed by atoms with van der Waals surface area (Å²) >= 11 is 0. The topological polar surface area (TPSA) is 38.7 Å². The van der Waals surface area contributed by atoms with Crippen LogP contribution in [0.4, 0.5) is 0 Å². The number of nitrogens with zero attached hydrogens (tertiary/aromatic N) is 3. The quantitative estimate of drug-likeness (QED) is 0.0583. The maximum Gasteiger partial charge on any atom is 0.173 e. The van der Waals surface area contributed by atoms with Crippen LogP contribution in [0.3, 0.4) is 0 Å². The first-order chi connectivity index (χ1) is 56.0. The Bertz CT molecular complexity index is 5700. The molecule has 0 saturated carbocycles. The van der Waals surface area contributed by atoms with Crippen molar-refractivity contribution in [2.75, 3.05) is 11.8 Å². The van der Waals surface area contributed by atoms with Crippen LogP contribution < -0.4 is 26.5 Å². The predicted molar refractivity (Wildman–Crippen MR) is 488 cm³/mol. The summed E-state index contributed by atoms with van der Waals surface area (Å²) < 4.78 is 0. The van der Waals surface area contributed by atoms with Crippen molar-refractivity contribution in [3.63, 3.8) is 0 Å². The van der Waals surface area contributed by atoms with E-state index in [1.54, 1.807) is 5.30 Å². The molecule has 0 unspecified atom stereocenters. The SMILES string of the molecule is [Au].[Au].[Au].[c-]1cc2ccccc2cc1-c1cccc(-c2[c-]cc3ccccc3c2)n1.[c-]1cc2ccccc2cc1-c1cccc(-c2[c-]cc3ccccc3c2)n1.[c-]1cc2ccccc2cc1-c1cccc(-c2[c-]cc3ccccc3c2)n1.c1ccc([PH+](C[PH+](c2ccccc2)c2ccccc2)C[PH+](c2ccccc2)c2ccccc2)cc1. The minimum Gasteiger partial charge on any atom is -0.345 e. The summed E-state index contributed by atoms with van der Waals surface area (Å²) in [5.74, 6) is 2.59. The molecule has 0 spiro atoms. The van der Waals surface area contributed by atoms with Crippen molar-refractivity contribution < 1.29 is 67.1 Å². The first-order valence-corrected chi connectivity index (χ1v) is 43.5. The fourth-order valence-corrected chi connectivity index (χ4v) is 28.2. The van der Waals surface area contributed by atoms with Gasteiger partial charge in [0.1, 0.15) is 45.0 Å². The molecule has 571 valence electrons. The molecule has 0 aliphatic heterocycles. The van der Waals surface area contributed by atoms with Gasteiger partial charge in [-0.3, -0.25) is 0 Å². The van der Waals surface area contributed by atoms with Gasteiger partial charge in [0.05, 0.1) is 5.30 Å². The van der Waals surface area contributed by atoms with Crippen LogP contribution in [-0.4, -0.2) is 26.8 Å². The third kappa shape index (κ3) is 20.2. The predicted octanol–water partition coefficient (Wildman–Crippen LogP) is 25.1. The van der Waals surface area contributed by atoms with Crippen molar-refractivity contribution in [1.29, 1.82) is 0 Å². The number of rotatable bonds is 15. The van der Waals surface area contributed by atoms with Gasteiger partial charge in [-0.2, -0.15) is 0 Å². The Hall–Kier alpha value is -10.7. The van der Waals surface area contributed by atoms with Crippen LogP contribution in [0.1, 0.15) is 0 Å². The van der Waals surface area contributed by atoms with E-state index in [0.29, 0.717) is 0 Å². The van der Waals surface area contributed by atoms with Crippen molar-refractivity contribution in [1.82, 2.24) is 15.0 Å². The second kappa shape index (κ2) is 40.2. The summed E-state index contributed by atoms with van der Waals surface area (Å²) in [7, 11) is -2.60. The normalized spacial score (nSPS) is 10.9. The molecule has 0 amide bonds. The Morgan fingerprint density at radius 1 is 0.172 bits per heavy atom. The van der Waals surface area contributed by atoms with Gasteiger partial charge in [0.15, 0.2) is 11.8 Å².